The zero-order valence-electron chi connectivity index (χ0n) is 15.6. The van der Waals surface area contributed by atoms with Gasteiger partial charge in [0.05, 0.1) is 13.2 Å². The van der Waals surface area contributed by atoms with Crippen molar-refractivity contribution in [3.63, 3.8) is 0 Å². The molecule has 1 aliphatic heterocycles. The average molecular weight is 358 g/mol. The molecule has 6 aliphatic rings. The maximum Gasteiger partial charge on any atom is 0.317 e. The summed E-state index contributed by atoms with van der Waals surface area (Å²) < 4.78 is 14.0. The molecule has 26 heavy (non-hydrogen) atoms. The van der Waals surface area contributed by atoms with E-state index in [1.807, 2.05) is 0 Å². The number of nitrogens with zero attached hydrogens (tertiary/aromatic N) is 4. The highest BCUT2D eigenvalue weighted by Gasteiger charge is 2.61. The molecule has 1 aromatic rings. The van der Waals surface area contributed by atoms with Gasteiger partial charge in [-0.05, 0) is 62.7 Å². The monoisotopic (exact) mass is 358 g/mol. The van der Waals surface area contributed by atoms with Crippen molar-refractivity contribution in [3.8, 4) is 6.01 Å². The Kier molecular flexibility index (Phi) is 3.62. The molecule has 1 saturated heterocycles. The molecule has 0 N–H and O–H groups in total. The minimum atomic E-state index is 0.328. The van der Waals surface area contributed by atoms with Gasteiger partial charge in [0.1, 0.15) is 12.4 Å². The van der Waals surface area contributed by atoms with Gasteiger partial charge in [0.2, 0.25) is 0 Å². The fourth-order valence-electron chi connectivity index (χ4n) is 6.63. The van der Waals surface area contributed by atoms with E-state index in [1.54, 1.807) is 0 Å². The molecule has 5 saturated carbocycles. The maximum atomic E-state index is 6.17. The van der Waals surface area contributed by atoms with Gasteiger partial charge >= 0.3 is 6.01 Å². The molecule has 2 unspecified atom stereocenters. The summed E-state index contributed by atoms with van der Waals surface area (Å²) in [6.07, 6.45) is 9.57. The highest BCUT2D eigenvalue weighted by Crippen LogP contribution is 2.66. The molecule has 1 aromatic heterocycles. The van der Waals surface area contributed by atoms with Crippen molar-refractivity contribution in [2.45, 2.75) is 56.4 Å². The van der Waals surface area contributed by atoms with Crippen molar-refractivity contribution in [2.24, 2.45) is 17.8 Å². The molecule has 0 aromatic carbocycles. The number of aromatic nitrogens is 3. The van der Waals surface area contributed by atoms with Crippen LogP contribution in [0.25, 0.3) is 0 Å². The number of morpholine rings is 1. The molecule has 6 heteroatoms. The Bertz CT molecular complexity index is 665. The Morgan fingerprint density at radius 2 is 1.81 bits per heavy atom. The fraction of sp³-hybridized carbons (Fsp3) is 0.900. The molecule has 0 spiro atoms. The zero-order valence-corrected chi connectivity index (χ0v) is 15.6. The summed E-state index contributed by atoms with van der Waals surface area (Å²) in [5.41, 5.74) is 0.328. The lowest BCUT2D eigenvalue weighted by Crippen LogP contribution is -2.38. The molecule has 6 nitrogen and oxygen atoms in total. The van der Waals surface area contributed by atoms with Crippen molar-refractivity contribution >= 4 is 0 Å². The SMILES string of the molecule is C1CN(CCOc2nnc(C34CC5CC(CC3C5)C4)n2C2CC2)CCO1. The Balaban J connectivity index is 1.22. The van der Waals surface area contributed by atoms with Gasteiger partial charge in [0, 0.05) is 31.1 Å². The van der Waals surface area contributed by atoms with Crippen molar-refractivity contribution in [1.82, 2.24) is 19.7 Å². The first kappa shape index (κ1) is 15.9. The summed E-state index contributed by atoms with van der Waals surface area (Å²) in [4.78, 5) is 2.42. The van der Waals surface area contributed by atoms with Crippen LogP contribution in [0.1, 0.15) is 56.8 Å². The summed E-state index contributed by atoms with van der Waals surface area (Å²) in [7, 11) is 0. The second-order valence-corrected chi connectivity index (χ2v) is 9.41. The summed E-state index contributed by atoms with van der Waals surface area (Å²) in [6.45, 7) is 5.36. The van der Waals surface area contributed by atoms with E-state index in [4.69, 9.17) is 14.6 Å². The van der Waals surface area contributed by atoms with E-state index < -0.39 is 0 Å². The lowest BCUT2D eigenvalue weighted by Gasteiger charge is -2.32. The topological polar surface area (TPSA) is 52.4 Å². The van der Waals surface area contributed by atoms with Gasteiger partial charge in [-0.1, -0.05) is 5.10 Å². The van der Waals surface area contributed by atoms with Crippen LogP contribution in [-0.2, 0) is 10.2 Å². The van der Waals surface area contributed by atoms with Crippen molar-refractivity contribution in [1.29, 1.82) is 0 Å². The first-order chi connectivity index (χ1) is 12.8. The normalized spacial score (nSPS) is 39.0. The number of ether oxygens (including phenoxy) is 2. The number of hydrogen-bond donors (Lipinski definition) is 0. The van der Waals surface area contributed by atoms with E-state index >= 15 is 0 Å². The summed E-state index contributed by atoms with van der Waals surface area (Å²) in [5, 5.41) is 9.31. The van der Waals surface area contributed by atoms with Crippen LogP contribution in [0.15, 0.2) is 0 Å². The van der Waals surface area contributed by atoms with Gasteiger partial charge in [-0.3, -0.25) is 9.47 Å². The van der Waals surface area contributed by atoms with E-state index in [-0.39, 0.29) is 0 Å². The summed E-state index contributed by atoms with van der Waals surface area (Å²) in [5.74, 6) is 4.04. The first-order valence-electron chi connectivity index (χ1n) is 10.7. The molecular weight excluding hydrogens is 328 g/mol. The Labute approximate surface area is 155 Å². The zero-order chi connectivity index (χ0) is 17.1. The minimum absolute atomic E-state index is 0.328. The molecule has 142 valence electrons. The second kappa shape index (κ2) is 5.93. The van der Waals surface area contributed by atoms with Crippen molar-refractivity contribution in [2.75, 3.05) is 39.5 Å². The van der Waals surface area contributed by atoms with Crippen LogP contribution >= 0.6 is 0 Å². The smallest absolute Gasteiger partial charge is 0.317 e. The number of hydrogen-bond acceptors (Lipinski definition) is 5. The third-order valence-electron chi connectivity index (χ3n) is 7.75. The molecule has 2 heterocycles. The van der Waals surface area contributed by atoms with Crippen molar-refractivity contribution in [3.05, 3.63) is 5.82 Å². The summed E-state index contributed by atoms with van der Waals surface area (Å²) >= 11 is 0. The molecule has 0 amide bonds. The third kappa shape index (κ3) is 2.44. The Morgan fingerprint density at radius 3 is 2.54 bits per heavy atom. The van der Waals surface area contributed by atoms with Gasteiger partial charge in [-0.2, -0.15) is 0 Å². The standard InChI is InChI=1S/C20H30N4O2/c1-2-17(1)24-18(20-12-14-9-15(13-20)11-16(20)10-14)21-22-19(24)26-8-5-23-3-6-25-7-4-23/h14-17H,1-13H2. The molecule has 7 rings (SSSR count). The third-order valence-corrected chi connectivity index (χ3v) is 7.75. The van der Waals surface area contributed by atoms with Gasteiger partial charge < -0.3 is 9.47 Å². The molecule has 0 radical (unpaired) electrons. The van der Waals surface area contributed by atoms with E-state index in [9.17, 15) is 0 Å². The van der Waals surface area contributed by atoms with Crippen LogP contribution in [0.4, 0.5) is 0 Å². The van der Waals surface area contributed by atoms with Crippen LogP contribution in [0.5, 0.6) is 6.01 Å². The number of rotatable bonds is 6. The first-order valence-corrected chi connectivity index (χ1v) is 10.7. The van der Waals surface area contributed by atoms with E-state index in [2.05, 4.69) is 14.6 Å². The minimum Gasteiger partial charge on any atom is -0.462 e. The van der Waals surface area contributed by atoms with Crippen LogP contribution in [0.3, 0.4) is 0 Å². The lowest BCUT2D eigenvalue weighted by atomic mass is 9.75. The van der Waals surface area contributed by atoms with E-state index in [1.165, 1.54) is 50.8 Å². The Hall–Kier alpha value is -1.14. The highest BCUT2D eigenvalue weighted by molar-refractivity contribution is 5.26. The van der Waals surface area contributed by atoms with Crippen LogP contribution < -0.4 is 4.74 Å². The quantitative estimate of drug-likeness (QED) is 0.782. The van der Waals surface area contributed by atoms with Crippen molar-refractivity contribution < 1.29 is 9.47 Å². The van der Waals surface area contributed by atoms with E-state index in [0.29, 0.717) is 18.1 Å². The highest BCUT2D eigenvalue weighted by atomic mass is 16.5. The second-order valence-electron chi connectivity index (χ2n) is 9.41. The van der Waals surface area contributed by atoms with E-state index in [0.717, 1.165) is 56.6 Å². The average Bonchev–Trinajstić information content (AvgIpc) is 3.29. The molecular formula is C20H30N4O2. The maximum absolute atomic E-state index is 6.17. The predicted molar refractivity (Wildman–Crippen MR) is 96.3 cm³/mol. The van der Waals surface area contributed by atoms with Gasteiger partial charge in [0.15, 0.2) is 0 Å². The fourth-order valence-corrected chi connectivity index (χ4v) is 6.63. The lowest BCUT2D eigenvalue weighted by molar-refractivity contribution is 0.0314. The Morgan fingerprint density at radius 1 is 1.04 bits per heavy atom. The molecule has 6 fully saturated rings. The van der Waals surface area contributed by atoms with Crippen LogP contribution in [0.2, 0.25) is 0 Å². The van der Waals surface area contributed by atoms with Gasteiger partial charge in [0.25, 0.3) is 0 Å². The van der Waals surface area contributed by atoms with Gasteiger partial charge in [-0.25, -0.2) is 0 Å². The molecule has 5 aliphatic carbocycles. The molecule has 4 bridgehead atoms. The predicted octanol–water partition coefficient (Wildman–Crippen LogP) is 2.40. The van der Waals surface area contributed by atoms with Gasteiger partial charge in [-0.15, -0.1) is 5.10 Å². The molecule has 2 atom stereocenters. The summed E-state index contributed by atoms with van der Waals surface area (Å²) in [6, 6.07) is 1.38. The largest absolute Gasteiger partial charge is 0.462 e. The van der Waals surface area contributed by atoms with Crippen LogP contribution in [-0.4, -0.2) is 59.1 Å². The van der Waals surface area contributed by atoms with Crippen LogP contribution in [0, 0.1) is 17.8 Å².